The van der Waals surface area contributed by atoms with E-state index in [2.05, 4.69) is 10.2 Å². The highest BCUT2D eigenvalue weighted by Crippen LogP contribution is 2.31. The number of sulfonamides is 1. The highest BCUT2D eigenvalue weighted by Gasteiger charge is 2.25. The van der Waals surface area contributed by atoms with Crippen molar-refractivity contribution in [3.63, 3.8) is 0 Å². The largest absolute Gasteiger partial charge is 0.493 e. The van der Waals surface area contributed by atoms with Crippen LogP contribution in [0.1, 0.15) is 11.1 Å². The van der Waals surface area contributed by atoms with Crippen LogP contribution in [0.25, 0.3) is 17.3 Å². The average molecular weight is 481 g/mol. The van der Waals surface area contributed by atoms with E-state index in [1.54, 1.807) is 20.3 Å². The van der Waals surface area contributed by atoms with Crippen molar-refractivity contribution in [1.82, 2.24) is 14.5 Å². The van der Waals surface area contributed by atoms with E-state index in [0.717, 1.165) is 22.5 Å². The zero-order chi connectivity index (χ0) is 24.1. The fourth-order valence-corrected chi connectivity index (χ4v) is 4.92. The number of hydrogen-bond donors (Lipinski definition) is 0. The van der Waals surface area contributed by atoms with Crippen molar-refractivity contribution in [2.24, 2.45) is 0 Å². The Kier molecular flexibility index (Phi) is 7.14. The normalized spacial score (nSPS) is 15.0. The maximum Gasteiger partial charge on any atom is 0.236 e. The van der Waals surface area contributed by atoms with Crippen LogP contribution in [-0.2, 0) is 10.0 Å². The van der Waals surface area contributed by atoms with E-state index in [4.69, 9.17) is 9.47 Å². The highest BCUT2D eigenvalue weighted by atomic mass is 32.2. The maximum absolute atomic E-state index is 12.7. The molecule has 1 aliphatic heterocycles. The molecule has 9 heteroatoms. The highest BCUT2D eigenvalue weighted by molar-refractivity contribution is 7.92. The lowest BCUT2D eigenvalue weighted by molar-refractivity contribution is 0.355. The molecule has 1 fully saturated rings. The molecule has 1 aromatic heterocycles. The zero-order valence-electron chi connectivity index (χ0n) is 19.5. The van der Waals surface area contributed by atoms with Gasteiger partial charge in [0.1, 0.15) is 0 Å². The Morgan fingerprint density at radius 3 is 2.18 bits per heavy atom. The Morgan fingerprint density at radius 2 is 1.56 bits per heavy atom. The summed E-state index contributed by atoms with van der Waals surface area (Å²) in [5.41, 5.74) is 3.58. The van der Waals surface area contributed by atoms with E-state index >= 15 is 0 Å². The molecule has 8 nitrogen and oxygen atoms in total. The van der Waals surface area contributed by atoms with E-state index in [1.165, 1.54) is 9.71 Å². The molecule has 4 rings (SSSR count). The van der Waals surface area contributed by atoms with E-state index < -0.39 is 10.0 Å². The zero-order valence-corrected chi connectivity index (χ0v) is 20.3. The lowest BCUT2D eigenvalue weighted by Crippen LogP contribution is -2.48. The predicted molar refractivity (Wildman–Crippen MR) is 133 cm³/mol. The van der Waals surface area contributed by atoms with Crippen LogP contribution in [0.2, 0.25) is 0 Å². The number of rotatable bonds is 7. The van der Waals surface area contributed by atoms with E-state index in [-0.39, 0.29) is 0 Å². The predicted octanol–water partition coefficient (Wildman–Crippen LogP) is 3.59. The van der Waals surface area contributed by atoms with Crippen molar-refractivity contribution in [3.8, 4) is 22.8 Å². The third-order valence-electron chi connectivity index (χ3n) is 5.76. The van der Waals surface area contributed by atoms with Gasteiger partial charge < -0.3 is 14.4 Å². The monoisotopic (exact) mass is 480 g/mol. The van der Waals surface area contributed by atoms with Crippen LogP contribution in [0.4, 0.5) is 5.82 Å². The summed E-state index contributed by atoms with van der Waals surface area (Å²) >= 11 is 0. The molecule has 0 spiro atoms. The van der Waals surface area contributed by atoms with Crippen LogP contribution in [0.3, 0.4) is 0 Å². The van der Waals surface area contributed by atoms with Crippen LogP contribution in [0.15, 0.2) is 60.0 Å². The van der Waals surface area contributed by atoms with Gasteiger partial charge in [-0.3, -0.25) is 0 Å². The quantitative estimate of drug-likeness (QED) is 0.511. The van der Waals surface area contributed by atoms with E-state index in [9.17, 15) is 8.42 Å². The van der Waals surface area contributed by atoms with Crippen LogP contribution < -0.4 is 14.4 Å². The van der Waals surface area contributed by atoms with Gasteiger partial charge in [-0.25, -0.2) is 8.42 Å². The van der Waals surface area contributed by atoms with Gasteiger partial charge in [-0.15, -0.1) is 10.2 Å². The van der Waals surface area contributed by atoms with Gasteiger partial charge in [0.05, 0.1) is 19.9 Å². The Morgan fingerprint density at radius 1 is 0.853 bits per heavy atom. The van der Waals surface area contributed by atoms with Crippen molar-refractivity contribution >= 4 is 21.9 Å². The Labute approximate surface area is 200 Å². The molecule has 34 heavy (non-hydrogen) atoms. The Hall–Kier alpha value is -3.43. The number of hydrogen-bond acceptors (Lipinski definition) is 7. The number of methoxy groups -OCH3 is 2. The maximum atomic E-state index is 12.7. The van der Waals surface area contributed by atoms with Gasteiger partial charge in [-0.1, -0.05) is 29.8 Å². The molecule has 2 heterocycles. The fourth-order valence-electron chi connectivity index (χ4n) is 3.74. The molecular weight excluding hydrogens is 452 g/mol. The summed E-state index contributed by atoms with van der Waals surface area (Å²) in [5, 5.41) is 10.0. The molecule has 0 aliphatic carbocycles. The van der Waals surface area contributed by atoms with Gasteiger partial charge in [0.2, 0.25) is 10.0 Å². The van der Waals surface area contributed by atoms with Crippen molar-refractivity contribution in [2.75, 3.05) is 45.3 Å². The first-order valence-electron chi connectivity index (χ1n) is 11.0. The molecule has 3 aromatic rings. The lowest BCUT2D eigenvalue weighted by Gasteiger charge is -2.33. The molecule has 0 radical (unpaired) electrons. The minimum absolute atomic E-state index is 0.389. The first kappa shape index (κ1) is 23.7. The van der Waals surface area contributed by atoms with Crippen molar-refractivity contribution < 1.29 is 17.9 Å². The minimum atomic E-state index is -3.48. The fraction of sp³-hybridized carbons (Fsp3) is 0.280. The molecule has 0 saturated carbocycles. The summed E-state index contributed by atoms with van der Waals surface area (Å²) in [6, 6.07) is 17.1. The summed E-state index contributed by atoms with van der Waals surface area (Å²) in [5.74, 6) is 1.99. The number of ether oxygens (including phenoxy) is 2. The number of nitrogens with zero attached hydrogens (tertiary/aromatic N) is 4. The van der Waals surface area contributed by atoms with Crippen LogP contribution in [0, 0.1) is 6.92 Å². The van der Waals surface area contributed by atoms with Crippen LogP contribution >= 0.6 is 0 Å². The van der Waals surface area contributed by atoms with Crippen molar-refractivity contribution in [1.29, 1.82) is 0 Å². The van der Waals surface area contributed by atoms with E-state index in [0.29, 0.717) is 43.4 Å². The molecule has 1 aliphatic rings. The SMILES string of the molecule is COc1ccc(-c2ccc(N3CCN(S(=O)(=O)/C=C\c4ccc(C)cc4)CC3)nn2)cc1OC. The molecular formula is C25H28N4O4S. The average Bonchev–Trinajstić information content (AvgIpc) is 2.88. The number of aryl methyl sites for hydroxylation is 1. The first-order valence-corrected chi connectivity index (χ1v) is 12.5. The second-order valence-electron chi connectivity index (χ2n) is 7.99. The summed E-state index contributed by atoms with van der Waals surface area (Å²) in [4.78, 5) is 2.04. The summed E-state index contributed by atoms with van der Waals surface area (Å²) in [6.45, 7) is 3.86. The van der Waals surface area contributed by atoms with Crippen molar-refractivity contribution in [2.45, 2.75) is 6.92 Å². The van der Waals surface area contributed by atoms with Gasteiger partial charge in [-0.2, -0.15) is 4.31 Å². The first-order chi connectivity index (χ1) is 16.4. The van der Waals surface area contributed by atoms with Crippen molar-refractivity contribution in [3.05, 3.63) is 71.1 Å². The standard InChI is InChI=1S/C25H28N4O4S/c1-19-4-6-20(7-5-19)12-17-34(30,31)29-15-13-28(14-16-29)25-11-9-22(26-27-25)21-8-10-23(32-2)24(18-21)33-3/h4-12,17-18H,13-16H2,1-3H3/b17-12-. The molecule has 178 valence electrons. The van der Waals surface area contributed by atoms with Gasteiger partial charge in [0.15, 0.2) is 17.3 Å². The minimum Gasteiger partial charge on any atom is -0.493 e. The van der Waals surface area contributed by atoms with E-state index in [1.807, 2.05) is 66.4 Å². The summed E-state index contributed by atoms with van der Waals surface area (Å²) in [7, 11) is -0.298. The van der Waals surface area contributed by atoms with Gasteiger partial charge >= 0.3 is 0 Å². The molecule has 0 bridgehead atoms. The van der Waals surface area contributed by atoms with Crippen LogP contribution in [-0.4, -0.2) is 63.3 Å². The number of benzene rings is 2. The third kappa shape index (κ3) is 5.37. The lowest BCUT2D eigenvalue weighted by atomic mass is 10.1. The Balaban J connectivity index is 1.39. The molecule has 0 amide bonds. The number of aromatic nitrogens is 2. The molecule has 0 unspecified atom stereocenters. The smallest absolute Gasteiger partial charge is 0.236 e. The Bertz CT molecular complexity index is 1250. The van der Waals surface area contributed by atoms with Gasteiger partial charge in [-0.05, 0) is 48.9 Å². The number of anilines is 1. The molecule has 1 saturated heterocycles. The second kappa shape index (κ2) is 10.2. The summed E-state index contributed by atoms with van der Waals surface area (Å²) < 4.78 is 37.6. The van der Waals surface area contributed by atoms with Crippen LogP contribution in [0.5, 0.6) is 11.5 Å². The topological polar surface area (TPSA) is 84.9 Å². The number of piperazine rings is 1. The van der Waals surface area contributed by atoms with Gasteiger partial charge in [0, 0.05) is 37.2 Å². The second-order valence-corrected chi connectivity index (χ2v) is 9.81. The van der Waals surface area contributed by atoms with Gasteiger partial charge in [0.25, 0.3) is 0 Å². The summed E-state index contributed by atoms with van der Waals surface area (Å²) in [6.07, 6.45) is 1.64. The molecule has 0 N–H and O–H groups in total. The molecule has 0 atom stereocenters. The third-order valence-corrected chi connectivity index (χ3v) is 7.33. The molecule has 2 aromatic carbocycles.